The molecule has 0 saturated heterocycles. The van der Waals surface area contributed by atoms with Gasteiger partial charge >= 0.3 is 5.97 Å². The number of hydrogen-bond donors (Lipinski definition) is 0. The van der Waals surface area contributed by atoms with Crippen molar-refractivity contribution in [3.63, 3.8) is 0 Å². The van der Waals surface area contributed by atoms with Gasteiger partial charge in [-0.1, -0.05) is 36.4 Å². The summed E-state index contributed by atoms with van der Waals surface area (Å²) in [6.45, 7) is 3.98. The average molecular weight is 240 g/mol. The minimum atomic E-state index is -0.282. The summed E-state index contributed by atoms with van der Waals surface area (Å²) in [4.78, 5) is 11.6. The van der Waals surface area contributed by atoms with Crippen molar-refractivity contribution >= 4 is 5.97 Å². The first kappa shape index (κ1) is 12.4. The summed E-state index contributed by atoms with van der Waals surface area (Å²) in [5.41, 5.74) is 5.04. The second-order valence-electron chi connectivity index (χ2n) is 4.27. The second-order valence-corrected chi connectivity index (χ2v) is 4.27. The van der Waals surface area contributed by atoms with E-state index in [9.17, 15) is 4.79 Å². The molecule has 0 spiro atoms. The molecule has 0 radical (unpaired) electrons. The third-order valence-corrected chi connectivity index (χ3v) is 3.28. The van der Waals surface area contributed by atoms with Gasteiger partial charge in [0, 0.05) is 0 Å². The molecule has 2 heteroatoms. The topological polar surface area (TPSA) is 26.3 Å². The Labute approximate surface area is 107 Å². The number of carbonyl (C=O) groups excluding carboxylic acids is 1. The minimum absolute atomic E-state index is 0.282. The summed E-state index contributed by atoms with van der Waals surface area (Å²) >= 11 is 0. The number of benzene rings is 2. The number of hydrogen-bond acceptors (Lipinski definition) is 2. The van der Waals surface area contributed by atoms with E-state index in [1.807, 2.05) is 44.2 Å². The fourth-order valence-electron chi connectivity index (χ4n) is 2.08. The summed E-state index contributed by atoms with van der Waals surface area (Å²) in [6, 6.07) is 14.0. The minimum Gasteiger partial charge on any atom is -0.465 e. The molecule has 2 rings (SSSR count). The molecule has 0 aromatic heterocycles. The van der Waals surface area contributed by atoms with Crippen LogP contribution in [-0.2, 0) is 4.74 Å². The van der Waals surface area contributed by atoms with Crippen LogP contribution in [0.4, 0.5) is 0 Å². The predicted octanol–water partition coefficient (Wildman–Crippen LogP) is 3.76. The van der Waals surface area contributed by atoms with Crippen molar-refractivity contribution in [1.82, 2.24) is 0 Å². The molecular weight excluding hydrogens is 224 g/mol. The predicted molar refractivity (Wildman–Crippen MR) is 72.7 cm³/mol. The van der Waals surface area contributed by atoms with Crippen molar-refractivity contribution in [2.75, 3.05) is 7.11 Å². The molecule has 2 aromatic rings. The molecule has 2 aromatic carbocycles. The SMILES string of the molecule is COC(=O)c1ccc(-c2ccccc2)c(C)c1C. The van der Waals surface area contributed by atoms with E-state index in [0.717, 1.165) is 22.3 Å². The molecule has 18 heavy (non-hydrogen) atoms. The zero-order chi connectivity index (χ0) is 13.1. The fraction of sp³-hybridized carbons (Fsp3) is 0.188. The lowest BCUT2D eigenvalue weighted by Crippen LogP contribution is -2.05. The van der Waals surface area contributed by atoms with Crippen molar-refractivity contribution in [1.29, 1.82) is 0 Å². The molecule has 92 valence electrons. The van der Waals surface area contributed by atoms with Crippen LogP contribution in [0, 0.1) is 13.8 Å². The number of esters is 1. The standard InChI is InChI=1S/C16H16O2/c1-11-12(2)15(16(17)18-3)10-9-14(11)13-7-5-4-6-8-13/h4-10H,1-3H3. The van der Waals surface area contributed by atoms with Crippen molar-refractivity contribution in [2.24, 2.45) is 0 Å². The summed E-state index contributed by atoms with van der Waals surface area (Å²) in [7, 11) is 1.40. The van der Waals surface area contributed by atoms with E-state index >= 15 is 0 Å². The third kappa shape index (κ3) is 2.14. The molecule has 0 bridgehead atoms. The molecule has 0 saturated carbocycles. The first-order chi connectivity index (χ1) is 8.65. The van der Waals surface area contributed by atoms with Crippen LogP contribution in [0.3, 0.4) is 0 Å². The Bertz CT molecular complexity index is 571. The van der Waals surface area contributed by atoms with E-state index in [2.05, 4.69) is 12.1 Å². The molecule has 0 aliphatic rings. The van der Waals surface area contributed by atoms with Gasteiger partial charge in [-0.2, -0.15) is 0 Å². The normalized spacial score (nSPS) is 10.2. The van der Waals surface area contributed by atoms with Gasteiger partial charge in [-0.05, 0) is 42.2 Å². The molecule has 0 N–H and O–H groups in total. The fourth-order valence-corrected chi connectivity index (χ4v) is 2.08. The first-order valence-corrected chi connectivity index (χ1v) is 5.89. The Kier molecular flexibility index (Phi) is 3.47. The smallest absolute Gasteiger partial charge is 0.338 e. The van der Waals surface area contributed by atoms with Gasteiger partial charge in [-0.3, -0.25) is 0 Å². The lowest BCUT2D eigenvalue weighted by molar-refractivity contribution is 0.0600. The van der Waals surface area contributed by atoms with Gasteiger partial charge in [0.25, 0.3) is 0 Å². The van der Waals surface area contributed by atoms with Crippen LogP contribution >= 0.6 is 0 Å². The largest absolute Gasteiger partial charge is 0.465 e. The van der Waals surface area contributed by atoms with E-state index in [0.29, 0.717) is 5.56 Å². The molecule has 0 atom stereocenters. The summed E-state index contributed by atoms with van der Waals surface area (Å²) in [5, 5.41) is 0. The molecule has 0 unspecified atom stereocenters. The average Bonchev–Trinajstić information content (AvgIpc) is 2.42. The van der Waals surface area contributed by atoms with Crippen LogP contribution in [0.5, 0.6) is 0 Å². The van der Waals surface area contributed by atoms with Gasteiger partial charge in [-0.25, -0.2) is 4.79 Å². The van der Waals surface area contributed by atoms with Crippen LogP contribution in [-0.4, -0.2) is 13.1 Å². The van der Waals surface area contributed by atoms with E-state index in [1.54, 1.807) is 0 Å². The van der Waals surface area contributed by atoms with Crippen LogP contribution < -0.4 is 0 Å². The van der Waals surface area contributed by atoms with Gasteiger partial charge in [0.05, 0.1) is 12.7 Å². The highest BCUT2D eigenvalue weighted by atomic mass is 16.5. The maximum Gasteiger partial charge on any atom is 0.338 e. The summed E-state index contributed by atoms with van der Waals surface area (Å²) in [5.74, 6) is -0.282. The molecule has 0 aliphatic carbocycles. The number of rotatable bonds is 2. The molecule has 0 heterocycles. The van der Waals surface area contributed by atoms with Gasteiger partial charge in [0.1, 0.15) is 0 Å². The maximum atomic E-state index is 11.6. The zero-order valence-electron chi connectivity index (χ0n) is 10.9. The zero-order valence-corrected chi connectivity index (χ0v) is 10.9. The van der Waals surface area contributed by atoms with Crippen LogP contribution in [0.1, 0.15) is 21.5 Å². The lowest BCUT2D eigenvalue weighted by Gasteiger charge is -2.12. The van der Waals surface area contributed by atoms with Crippen LogP contribution in [0.25, 0.3) is 11.1 Å². The first-order valence-electron chi connectivity index (χ1n) is 5.89. The number of methoxy groups -OCH3 is 1. The van der Waals surface area contributed by atoms with Crippen molar-refractivity contribution in [3.8, 4) is 11.1 Å². The van der Waals surface area contributed by atoms with Gasteiger partial charge in [0.2, 0.25) is 0 Å². The maximum absolute atomic E-state index is 11.6. The van der Waals surface area contributed by atoms with Gasteiger partial charge in [-0.15, -0.1) is 0 Å². The van der Waals surface area contributed by atoms with Gasteiger partial charge < -0.3 is 4.74 Å². The van der Waals surface area contributed by atoms with E-state index in [4.69, 9.17) is 4.74 Å². The molecule has 2 nitrogen and oxygen atoms in total. The highest BCUT2D eigenvalue weighted by molar-refractivity contribution is 5.92. The third-order valence-electron chi connectivity index (χ3n) is 3.28. The Morgan fingerprint density at radius 1 is 0.944 bits per heavy atom. The molecular formula is C16H16O2. The van der Waals surface area contributed by atoms with Crippen molar-refractivity contribution in [3.05, 3.63) is 59.2 Å². The van der Waals surface area contributed by atoms with E-state index < -0.39 is 0 Å². The molecule has 0 aliphatic heterocycles. The number of carbonyl (C=O) groups is 1. The Balaban J connectivity index is 2.54. The number of ether oxygens (including phenoxy) is 1. The highest BCUT2D eigenvalue weighted by Gasteiger charge is 2.13. The lowest BCUT2D eigenvalue weighted by atomic mass is 9.94. The van der Waals surface area contributed by atoms with E-state index in [1.165, 1.54) is 7.11 Å². The van der Waals surface area contributed by atoms with Crippen LogP contribution in [0.2, 0.25) is 0 Å². The van der Waals surface area contributed by atoms with Crippen molar-refractivity contribution < 1.29 is 9.53 Å². The van der Waals surface area contributed by atoms with Crippen LogP contribution in [0.15, 0.2) is 42.5 Å². The second kappa shape index (κ2) is 5.05. The Hall–Kier alpha value is -2.09. The quantitative estimate of drug-likeness (QED) is 0.747. The summed E-state index contributed by atoms with van der Waals surface area (Å²) < 4.78 is 4.78. The van der Waals surface area contributed by atoms with Gasteiger partial charge in [0.15, 0.2) is 0 Å². The monoisotopic (exact) mass is 240 g/mol. The highest BCUT2D eigenvalue weighted by Crippen LogP contribution is 2.27. The summed E-state index contributed by atoms with van der Waals surface area (Å²) in [6.07, 6.45) is 0. The Morgan fingerprint density at radius 3 is 2.22 bits per heavy atom. The van der Waals surface area contributed by atoms with Crippen molar-refractivity contribution in [2.45, 2.75) is 13.8 Å². The van der Waals surface area contributed by atoms with E-state index in [-0.39, 0.29) is 5.97 Å². The Morgan fingerprint density at radius 2 is 1.61 bits per heavy atom. The molecule has 0 amide bonds. The molecule has 0 fully saturated rings.